The fourth-order valence-corrected chi connectivity index (χ4v) is 3.25. The lowest BCUT2D eigenvalue weighted by Crippen LogP contribution is -2.20. The summed E-state index contributed by atoms with van der Waals surface area (Å²) in [6.07, 6.45) is 4.20. The molecule has 0 aromatic heterocycles. The molecule has 0 radical (unpaired) electrons. The van der Waals surface area contributed by atoms with E-state index < -0.39 is 0 Å². The van der Waals surface area contributed by atoms with Gasteiger partial charge < -0.3 is 18.9 Å². The van der Waals surface area contributed by atoms with Crippen molar-refractivity contribution < 1.29 is 18.9 Å². The van der Waals surface area contributed by atoms with E-state index in [1.54, 1.807) is 21.3 Å². The fourth-order valence-electron chi connectivity index (χ4n) is 3.25. The van der Waals surface area contributed by atoms with Crippen molar-refractivity contribution in [1.29, 1.82) is 0 Å². The zero-order chi connectivity index (χ0) is 22.5. The van der Waals surface area contributed by atoms with E-state index in [1.807, 2.05) is 18.2 Å². The van der Waals surface area contributed by atoms with Crippen molar-refractivity contribution in [3.63, 3.8) is 0 Å². The van der Waals surface area contributed by atoms with Gasteiger partial charge >= 0.3 is 0 Å². The predicted octanol–water partition coefficient (Wildman–Crippen LogP) is 6.45. The zero-order valence-electron chi connectivity index (χ0n) is 19.9. The standard InChI is InChI=1S/C26H36O4/c1-25(2,3)22-14-19(15-23(26(4,5)6)24(22)30-17-27-7)11-10-18-12-20(28-8)16-21(13-18)29-9/h10-16H,17H2,1-9H3/b11-10+. The van der Waals surface area contributed by atoms with Gasteiger partial charge in [0, 0.05) is 24.3 Å². The number of methoxy groups -OCH3 is 3. The maximum absolute atomic E-state index is 6.07. The van der Waals surface area contributed by atoms with Crippen molar-refractivity contribution in [2.45, 2.75) is 52.4 Å². The second-order valence-electron chi connectivity index (χ2n) is 9.48. The van der Waals surface area contributed by atoms with Crippen molar-refractivity contribution in [2.24, 2.45) is 0 Å². The molecule has 0 amide bonds. The molecular formula is C26H36O4. The highest BCUT2D eigenvalue weighted by molar-refractivity contribution is 5.73. The molecule has 0 saturated carbocycles. The number of benzene rings is 2. The Bertz CT molecular complexity index is 826. The highest BCUT2D eigenvalue weighted by atomic mass is 16.7. The third kappa shape index (κ3) is 6.02. The SMILES string of the molecule is COCOc1c(C(C)(C)C)cc(/C=C/c2cc(OC)cc(OC)c2)cc1C(C)(C)C. The predicted molar refractivity (Wildman–Crippen MR) is 125 cm³/mol. The third-order valence-corrected chi connectivity index (χ3v) is 4.89. The monoisotopic (exact) mass is 412 g/mol. The van der Waals surface area contributed by atoms with Crippen LogP contribution in [0.2, 0.25) is 0 Å². The van der Waals surface area contributed by atoms with Crippen LogP contribution in [-0.4, -0.2) is 28.1 Å². The Morgan fingerprint density at radius 2 is 1.10 bits per heavy atom. The average molecular weight is 413 g/mol. The van der Waals surface area contributed by atoms with Crippen molar-refractivity contribution in [2.75, 3.05) is 28.1 Å². The molecule has 4 heteroatoms. The Balaban J connectivity index is 2.59. The summed E-state index contributed by atoms with van der Waals surface area (Å²) in [5.74, 6) is 2.45. The van der Waals surface area contributed by atoms with Crippen molar-refractivity contribution >= 4 is 12.2 Å². The molecule has 164 valence electrons. The summed E-state index contributed by atoms with van der Waals surface area (Å²) >= 11 is 0. The molecule has 0 atom stereocenters. The van der Waals surface area contributed by atoms with Crippen LogP contribution in [0.4, 0.5) is 0 Å². The molecule has 0 saturated heterocycles. The second-order valence-corrected chi connectivity index (χ2v) is 9.48. The summed E-state index contributed by atoms with van der Waals surface area (Å²) in [6, 6.07) is 10.3. The van der Waals surface area contributed by atoms with E-state index in [2.05, 4.69) is 65.8 Å². The van der Waals surface area contributed by atoms with Gasteiger partial charge in [-0.25, -0.2) is 0 Å². The maximum atomic E-state index is 6.07. The Kier molecular flexibility index (Phi) is 7.59. The van der Waals surface area contributed by atoms with Gasteiger partial charge in [-0.05, 0) is 46.2 Å². The molecule has 0 aliphatic heterocycles. The quantitative estimate of drug-likeness (QED) is 0.387. The second kappa shape index (κ2) is 9.57. The first-order valence-electron chi connectivity index (χ1n) is 10.2. The first-order chi connectivity index (χ1) is 14.0. The smallest absolute Gasteiger partial charge is 0.188 e. The molecule has 0 bridgehead atoms. The van der Waals surface area contributed by atoms with Gasteiger partial charge in [0.1, 0.15) is 17.2 Å². The summed E-state index contributed by atoms with van der Waals surface area (Å²) in [6.45, 7) is 13.4. The summed E-state index contributed by atoms with van der Waals surface area (Å²) in [4.78, 5) is 0. The van der Waals surface area contributed by atoms with E-state index in [-0.39, 0.29) is 17.6 Å². The van der Waals surface area contributed by atoms with Crippen LogP contribution in [0.15, 0.2) is 30.3 Å². The van der Waals surface area contributed by atoms with Crippen LogP contribution >= 0.6 is 0 Å². The number of ether oxygens (including phenoxy) is 4. The lowest BCUT2D eigenvalue weighted by Gasteiger charge is -2.30. The summed E-state index contributed by atoms with van der Waals surface area (Å²) in [5, 5.41) is 0. The number of hydrogen-bond acceptors (Lipinski definition) is 4. The van der Waals surface area contributed by atoms with E-state index >= 15 is 0 Å². The Hall–Kier alpha value is -2.46. The van der Waals surface area contributed by atoms with Gasteiger partial charge in [0.2, 0.25) is 0 Å². The Morgan fingerprint density at radius 3 is 1.47 bits per heavy atom. The molecule has 0 aliphatic carbocycles. The molecule has 4 nitrogen and oxygen atoms in total. The Labute approximate surface area is 181 Å². The van der Waals surface area contributed by atoms with Gasteiger partial charge in [-0.1, -0.05) is 53.7 Å². The highest BCUT2D eigenvalue weighted by Gasteiger charge is 2.27. The van der Waals surface area contributed by atoms with E-state index in [0.717, 1.165) is 39.5 Å². The van der Waals surface area contributed by atoms with Gasteiger partial charge in [-0.15, -0.1) is 0 Å². The van der Waals surface area contributed by atoms with Crippen molar-refractivity contribution in [1.82, 2.24) is 0 Å². The van der Waals surface area contributed by atoms with Crippen LogP contribution in [0.1, 0.15) is 63.8 Å². The van der Waals surface area contributed by atoms with Crippen LogP contribution in [0.5, 0.6) is 17.2 Å². The van der Waals surface area contributed by atoms with E-state index in [0.29, 0.717) is 0 Å². The van der Waals surface area contributed by atoms with Gasteiger partial charge in [0.15, 0.2) is 6.79 Å². The summed E-state index contributed by atoms with van der Waals surface area (Å²) < 4.78 is 22.0. The largest absolute Gasteiger partial charge is 0.497 e. The van der Waals surface area contributed by atoms with E-state index in [1.165, 1.54) is 0 Å². The molecule has 2 rings (SSSR count). The van der Waals surface area contributed by atoms with Crippen LogP contribution in [0, 0.1) is 0 Å². The van der Waals surface area contributed by atoms with Crippen LogP contribution in [0.3, 0.4) is 0 Å². The molecule has 30 heavy (non-hydrogen) atoms. The van der Waals surface area contributed by atoms with E-state index in [4.69, 9.17) is 18.9 Å². The lowest BCUT2D eigenvalue weighted by atomic mass is 9.78. The summed E-state index contributed by atoms with van der Waals surface area (Å²) in [5.41, 5.74) is 4.31. The molecule has 0 N–H and O–H groups in total. The minimum Gasteiger partial charge on any atom is -0.497 e. The zero-order valence-corrected chi connectivity index (χ0v) is 19.9. The first-order valence-corrected chi connectivity index (χ1v) is 10.2. The molecule has 2 aromatic rings. The van der Waals surface area contributed by atoms with Crippen LogP contribution in [-0.2, 0) is 15.6 Å². The third-order valence-electron chi connectivity index (χ3n) is 4.89. The molecule has 0 fully saturated rings. The molecule has 0 aliphatic rings. The van der Waals surface area contributed by atoms with Crippen molar-refractivity contribution in [3.8, 4) is 17.2 Å². The van der Waals surface area contributed by atoms with Crippen LogP contribution < -0.4 is 14.2 Å². The average Bonchev–Trinajstić information content (AvgIpc) is 2.68. The molecule has 2 aromatic carbocycles. The highest BCUT2D eigenvalue weighted by Crippen LogP contribution is 2.41. The lowest BCUT2D eigenvalue weighted by molar-refractivity contribution is 0.0484. The number of hydrogen-bond donors (Lipinski definition) is 0. The van der Waals surface area contributed by atoms with Gasteiger partial charge in [-0.3, -0.25) is 0 Å². The Morgan fingerprint density at radius 1 is 0.667 bits per heavy atom. The van der Waals surface area contributed by atoms with E-state index in [9.17, 15) is 0 Å². The molecule has 0 heterocycles. The topological polar surface area (TPSA) is 36.9 Å². The van der Waals surface area contributed by atoms with Crippen molar-refractivity contribution in [3.05, 3.63) is 52.6 Å². The summed E-state index contributed by atoms with van der Waals surface area (Å²) in [7, 11) is 4.96. The van der Waals surface area contributed by atoms with Crippen LogP contribution in [0.25, 0.3) is 12.2 Å². The normalized spacial score (nSPS) is 12.3. The molecule has 0 unspecified atom stereocenters. The first kappa shape index (κ1) is 23.8. The van der Waals surface area contributed by atoms with Gasteiger partial charge in [0.25, 0.3) is 0 Å². The minimum atomic E-state index is -0.0773. The molecular weight excluding hydrogens is 376 g/mol. The van der Waals surface area contributed by atoms with Gasteiger partial charge in [-0.2, -0.15) is 0 Å². The minimum absolute atomic E-state index is 0.0773. The fraction of sp³-hybridized carbons (Fsp3) is 0.462. The number of rotatable bonds is 7. The molecule has 0 spiro atoms. The maximum Gasteiger partial charge on any atom is 0.188 e. The van der Waals surface area contributed by atoms with Gasteiger partial charge in [0.05, 0.1) is 14.2 Å².